The van der Waals surface area contributed by atoms with Crippen molar-refractivity contribution in [3.05, 3.63) is 59.9 Å². The van der Waals surface area contributed by atoms with Gasteiger partial charge < -0.3 is 16.0 Å². The molecule has 1 fully saturated rings. The van der Waals surface area contributed by atoms with Gasteiger partial charge in [-0.3, -0.25) is 14.6 Å². The number of nitrogens with two attached hydrogens (primary N) is 1. The number of aryl methyl sites for hydroxylation is 1. The van der Waals surface area contributed by atoms with E-state index in [0.717, 1.165) is 34.9 Å². The molecule has 2 amide bonds. The molecule has 160 valence electrons. The maximum absolute atomic E-state index is 13.2. The van der Waals surface area contributed by atoms with Crippen molar-refractivity contribution in [2.75, 3.05) is 17.6 Å². The number of likely N-dealkylation sites (tertiary alicyclic amines) is 1. The highest BCUT2D eigenvalue weighted by Crippen LogP contribution is 2.34. The number of nitrogen functional groups attached to an aromatic ring is 1. The largest absolute Gasteiger partial charge is 0.383 e. The lowest BCUT2D eigenvalue weighted by molar-refractivity contribution is -0.146. The molecule has 0 radical (unpaired) electrons. The minimum Gasteiger partial charge on any atom is -0.383 e. The van der Waals surface area contributed by atoms with Gasteiger partial charge in [0, 0.05) is 18.1 Å². The first kappa shape index (κ1) is 20.8. The molecule has 3 N–H and O–H groups in total. The SMILES string of the molecule is CCc1cc(NC(=O)C(=O)N2C[C@@H](C)CC[C@@H]2c2ccc3cccnc3c2)cnc1N. The molecule has 1 saturated heterocycles. The Labute approximate surface area is 181 Å². The number of fused-ring (bicyclic) bond motifs is 1. The zero-order valence-corrected chi connectivity index (χ0v) is 17.8. The minimum atomic E-state index is -0.661. The Hall–Kier alpha value is -3.48. The van der Waals surface area contributed by atoms with E-state index < -0.39 is 11.8 Å². The summed E-state index contributed by atoms with van der Waals surface area (Å²) in [4.78, 5) is 36.2. The second kappa shape index (κ2) is 8.71. The summed E-state index contributed by atoms with van der Waals surface area (Å²) in [6.45, 7) is 4.60. The van der Waals surface area contributed by atoms with Crippen LogP contribution in [0.25, 0.3) is 10.9 Å². The molecule has 0 bridgehead atoms. The van der Waals surface area contributed by atoms with Crippen molar-refractivity contribution >= 4 is 34.2 Å². The van der Waals surface area contributed by atoms with Crippen LogP contribution in [-0.4, -0.2) is 33.2 Å². The van der Waals surface area contributed by atoms with Crippen molar-refractivity contribution in [2.24, 2.45) is 5.92 Å². The number of rotatable bonds is 3. The van der Waals surface area contributed by atoms with Crippen LogP contribution in [0.1, 0.15) is 43.9 Å². The normalized spacial score (nSPS) is 18.7. The molecule has 0 saturated carbocycles. The highest BCUT2D eigenvalue weighted by molar-refractivity contribution is 6.39. The van der Waals surface area contributed by atoms with E-state index in [2.05, 4.69) is 22.2 Å². The Balaban J connectivity index is 1.58. The van der Waals surface area contributed by atoms with Crippen LogP contribution in [0.2, 0.25) is 0 Å². The summed E-state index contributed by atoms with van der Waals surface area (Å²) in [7, 11) is 0. The topological polar surface area (TPSA) is 101 Å². The highest BCUT2D eigenvalue weighted by atomic mass is 16.2. The summed E-state index contributed by atoms with van der Waals surface area (Å²) >= 11 is 0. The van der Waals surface area contributed by atoms with E-state index in [1.165, 1.54) is 6.20 Å². The van der Waals surface area contributed by atoms with Gasteiger partial charge in [0.1, 0.15) is 5.82 Å². The summed E-state index contributed by atoms with van der Waals surface area (Å²) in [5, 5.41) is 3.75. The first-order valence-corrected chi connectivity index (χ1v) is 10.7. The lowest BCUT2D eigenvalue weighted by Crippen LogP contribution is -2.46. The molecule has 1 aliphatic rings. The van der Waals surface area contributed by atoms with Crippen LogP contribution < -0.4 is 11.1 Å². The minimum absolute atomic E-state index is 0.156. The Bertz CT molecular complexity index is 1130. The number of hydrogen-bond donors (Lipinski definition) is 2. The van der Waals surface area contributed by atoms with Crippen LogP contribution in [0.4, 0.5) is 11.5 Å². The second-order valence-corrected chi connectivity index (χ2v) is 8.19. The quantitative estimate of drug-likeness (QED) is 0.633. The summed E-state index contributed by atoms with van der Waals surface area (Å²) < 4.78 is 0. The fourth-order valence-electron chi connectivity index (χ4n) is 4.20. The van der Waals surface area contributed by atoms with Crippen molar-refractivity contribution in [1.29, 1.82) is 0 Å². The summed E-state index contributed by atoms with van der Waals surface area (Å²) in [6, 6.07) is 11.6. The molecule has 0 spiro atoms. The molecule has 31 heavy (non-hydrogen) atoms. The van der Waals surface area contributed by atoms with Gasteiger partial charge in [0.2, 0.25) is 0 Å². The second-order valence-electron chi connectivity index (χ2n) is 8.19. The predicted molar refractivity (Wildman–Crippen MR) is 121 cm³/mol. The van der Waals surface area contributed by atoms with Crippen LogP contribution >= 0.6 is 0 Å². The molecule has 1 aliphatic heterocycles. The average Bonchev–Trinajstić information content (AvgIpc) is 2.79. The number of carbonyl (C=O) groups is 2. The van der Waals surface area contributed by atoms with E-state index in [1.54, 1.807) is 17.2 Å². The Morgan fingerprint density at radius 3 is 2.84 bits per heavy atom. The Morgan fingerprint density at radius 1 is 1.19 bits per heavy atom. The van der Waals surface area contributed by atoms with Crippen LogP contribution in [0.15, 0.2) is 48.8 Å². The smallest absolute Gasteiger partial charge is 0.313 e. The molecule has 2 atom stereocenters. The third kappa shape index (κ3) is 4.35. The van der Waals surface area contributed by atoms with E-state index in [9.17, 15) is 9.59 Å². The number of anilines is 2. The van der Waals surface area contributed by atoms with Crippen molar-refractivity contribution in [1.82, 2.24) is 14.9 Å². The molecule has 0 aliphatic carbocycles. The summed E-state index contributed by atoms with van der Waals surface area (Å²) in [6.07, 6.45) is 5.74. The molecule has 3 aromatic rings. The standard InChI is InChI=1S/C24H27N5O2/c1-3-16-11-19(13-27-22(16)25)28-23(30)24(31)29-14-15(2)6-9-21(29)18-8-7-17-5-4-10-26-20(17)12-18/h4-5,7-8,10-13,15,21H,3,6,9,14H2,1-2H3,(H2,25,27)(H,28,30)/t15-,21+/m0/s1. The molecule has 7 nitrogen and oxygen atoms in total. The van der Waals surface area contributed by atoms with Gasteiger partial charge in [-0.05, 0) is 54.5 Å². The predicted octanol–water partition coefficient (Wildman–Crippen LogP) is 3.71. The maximum Gasteiger partial charge on any atom is 0.313 e. The van der Waals surface area contributed by atoms with Gasteiger partial charge in [0.25, 0.3) is 0 Å². The van der Waals surface area contributed by atoms with Crippen molar-refractivity contribution in [3.8, 4) is 0 Å². The zero-order chi connectivity index (χ0) is 22.0. The van der Waals surface area contributed by atoms with E-state index in [-0.39, 0.29) is 6.04 Å². The lowest BCUT2D eigenvalue weighted by atomic mass is 9.89. The first-order valence-electron chi connectivity index (χ1n) is 10.7. The summed E-state index contributed by atoms with van der Waals surface area (Å²) in [5.41, 5.74) is 9.03. The van der Waals surface area contributed by atoms with E-state index in [0.29, 0.717) is 30.4 Å². The van der Waals surface area contributed by atoms with Gasteiger partial charge in [-0.1, -0.05) is 32.0 Å². The number of pyridine rings is 2. The molecule has 4 rings (SSSR count). The van der Waals surface area contributed by atoms with Crippen LogP contribution in [0.3, 0.4) is 0 Å². The van der Waals surface area contributed by atoms with Crippen LogP contribution in [-0.2, 0) is 16.0 Å². The van der Waals surface area contributed by atoms with Crippen molar-refractivity contribution < 1.29 is 9.59 Å². The van der Waals surface area contributed by atoms with Gasteiger partial charge in [-0.2, -0.15) is 0 Å². The monoisotopic (exact) mass is 417 g/mol. The number of piperidine rings is 1. The third-order valence-electron chi connectivity index (χ3n) is 5.93. The fraction of sp³-hybridized carbons (Fsp3) is 0.333. The number of carbonyl (C=O) groups excluding carboxylic acids is 2. The van der Waals surface area contributed by atoms with Gasteiger partial charge >= 0.3 is 11.8 Å². The van der Waals surface area contributed by atoms with Gasteiger partial charge in [-0.25, -0.2) is 4.98 Å². The molecule has 2 aromatic heterocycles. The Kier molecular flexibility index (Phi) is 5.84. The Morgan fingerprint density at radius 2 is 2.03 bits per heavy atom. The molecule has 0 unspecified atom stereocenters. The zero-order valence-electron chi connectivity index (χ0n) is 17.8. The number of nitrogens with zero attached hydrogens (tertiary/aromatic N) is 3. The van der Waals surface area contributed by atoms with Crippen LogP contribution in [0.5, 0.6) is 0 Å². The summed E-state index contributed by atoms with van der Waals surface area (Å²) in [5.74, 6) is -0.433. The van der Waals surface area contributed by atoms with Crippen molar-refractivity contribution in [3.63, 3.8) is 0 Å². The number of hydrogen-bond acceptors (Lipinski definition) is 5. The van der Waals surface area contributed by atoms with E-state index in [1.807, 2.05) is 37.3 Å². The molecule has 1 aromatic carbocycles. The molecular formula is C24H27N5O2. The number of nitrogens with one attached hydrogen (secondary N) is 1. The van der Waals surface area contributed by atoms with Gasteiger partial charge in [0.05, 0.1) is 23.4 Å². The van der Waals surface area contributed by atoms with Crippen molar-refractivity contribution in [2.45, 2.75) is 39.2 Å². The van der Waals surface area contributed by atoms with Crippen LogP contribution in [0, 0.1) is 5.92 Å². The highest BCUT2D eigenvalue weighted by Gasteiger charge is 2.34. The third-order valence-corrected chi connectivity index (χ3v) is 5.93. The number of aromatic nitrogens is 2. The maximum atomic E-state index is 13.2. The average molecular weight is 418 g/mol. The van der Waals surface area contributed by atoms with E-state index >= 15 is 0 Å². The lowest BCUT2D eigenvalue weighted by Gasteiger charge is -2.38. The number of benzene rings is 1. The molecular weight excluding hydrogens is 390 g/mol. The van der Waals surface area contributed by atoms with Gasteiger partial charge in [0.15, 0.2) is 0 Å². The first-order chi connectivity index (χ1) is 15.0. The molecule has 7 heteroatoms. The van der Waals surface area contributed by atoms with Gasteiger partial charge in [-0.15, -0.1) is 0 Å². The van der Waals surface area contributed by atoms with E-state index in [4.69, 9.17) is 5.73 Å². The number of amides is 2. The molecule has 3 heterocycles. The fourth-order valence-corrected chi connectivity index (χ4v) is 4.20.